The van der Waals surface area contributed by atoms with E-state index in [9.17, 15) is 13.2 Å². The first-order valence-electron chi connectivity index (χ1n) is 5.83. The predicted octanol–water partition coefficient (Wildman–Crippen LogP) is 2.71. The Kier molecular flexibility index (Phi) is 4.11. The standard InChI is InChI=1S/C13H14F3NO2/c14-13(15,16)9-19-6-5-17-4-3-11-2-1-10(8-18)7-12(11)17/h1-4,7,18H,5-6,8-9H2. The molecule has 0 aliphatic heterocycles. The first-order valence-corrected chi connectivity index (χ1v) is 5.83. The van der Waals surface area contributed by atoms with Crippen molar-refractivity contribution in [1.29, 1.82) is 0 Å². The van der Waals surface area contributed by atoms with E-state index in [1.54, 1.807) is 6.20 Å². The maximum absolute atomic E-state index is 11.9. The van der Waals surface area contributed by atoms with Gasteiger partial charge in [0.15, 0.2) is 0 Å². The molecule has 0 radical (unpaired) electrons. The lowest BCUT2D eigenvalue weighted by Crippen LogP contribution is -2.18. The first-order chi connectivity index (χ1) is 8.99. The van der Waals surface area contributed by atoms with E-state index in [0.717, 1.165) is 16.5 Å². The molecule has 0 spiro atoms. The van der Waals surface area contributed by atoms with Crippen LogP contribution in [-0.4, -0.2) is 29.1 Å². The third-order valence-electron chi connectivity index (χ3n) is 2.76. The molecule has 3 nitrogen and oxygen atoms in total. The zero-order valence-corrected chi connectivity index (χ0v) is 10.2. The lowest BCUT2D eigenvalue weighted by Gasteiger charge is -2.09. The van der Waals surface area contributed by atoms with Crippen LogP contribution in [0.5, 0.6) is 0 Å². The number of ether oxygens (including phenoxy) is 1. The highest BCUT2D eigenvalue weighted by Gasteiger charge is 2.27. The minimum atomic E-state index is -4.29. The predicted molar refractivity (Wildman–Crippen MR) is 64.7 cm³/mol. The van der Waals surface area contributed by atoms with Gasteiger partial charge in [-0.1, -0.05) is 12.1 Å². The average Bonchev–Trinajstić information content (AvgIpc) is 2.76. The van der Waals surface area contributed by atoms with Gasteiger partial charge in [-0.25, -0.2) is 0 Å². The largest absolute Gasteiger partial charge is 0.411 e. The molecule has 0 bridgehead atoms. The van der Waals surface area contributed by atoms with Crippen molar-refractivity contribution in [3.05, 3.63) is 36.0 Å². The van der Waals surface area contributed by atoms with E-state index < -0.39 is 12.8 Å². The van der Waals surface area contributed by atoms with Gasteiger partial charge in [0.1, 0.15) is 6.61 Å². The van der Waals surface area contributed by atoms with Crippen molar-refractivity contribution in [2.24, 2.45) is 0 Å². The third-order valence-corrected chi connectivity index (χ3v) is 2.76. The zero-order valence-electron chi connectivity index (χ0n) is 10.2. The fourth-order valence-electron chi connectivity index (χ4n) is 1.87. The number of benzene rings is 1. The van der Waals surface area contributed by atoms with Crippen LogP contribution in [-0.2, 0) is 17.9 Å². The van der Waals surface area contributed by atoms with E-state index in [0.29, 0.717) is 6.54 Å². The van der Waals surface area contributed by atoms with Crippen molar-refractivity contribution in [1.82, 2.24) is 4.57 Å². The molecule has 2 aromatic rings. The lowest BCUT2D eigenvalue weighted by atomic mass is 10.2. The highest BCUT2D eigenvalue weighted by molar-refractivity contribution is 5.80. The van der Waals surface area contributed by atoms with Crippen molar-refractivity contribution >= 4 is 10.9 Å². The number of nitrogens with zero attached hydrogens (tertiary/aromatic N) is 1. The number of fused-ring (bicyclic) bond motifs is 1. The maximum Gasteiger partial charge on any atom is 0.411 e. The van der Waals surface area contributed by atoms with Crippen LogP contribution >= 0.6 is 0 Å². The summed E-state index contributed by atoms with van der Waals surface area (Å²) in [6, 6.07) is 7.38. The van der Waals surface area contributed by atoms with Gasteiger partial charge in [0, 0.05) is 18.3 Å². The topological polar surface area (TPSA) is 34.4 Å². The molecule has 6 heteroatoms. The van der Waals surface area contributed by atoms with Gasteiger partial charge in [-0.05, 0) is 23.1 Å². The third kappa shape index (κ3) is 3.71. The monoisotopic (exact) mass is 273 g/mol. The molecule has 0 atom stereocenters. The van der Waals surface area contributed by atoms with Crippen molar-refractivity contribution < 1.29 is 23.0 Å². The summed E-state index contributed by atoms with van der Waals surface area (Å²) in [6.45, 7) is -0.957. The Morgan fingerprint density at radius 1 is 1.21 bits per heavy atom. The van der Waals surface area contributed by atoms with Crippen molar-refractivity contribution in [2.75, 3.05) is 13.2 Å². The van der Waals surface area contributed by atoms with Gasteiger partial charge in [-0.3, -0.25) is 0 Å². The molecule has 2 rings (SSSR count). The fraction of sp³-hybridized carbons (Fsp3) is 0.385. The summed E-state index contributed by atoms with van der Waals surface area (Å²) in [5, 5.41) is 10.0. The van der Waals surface area contributed by atoms with Crippen molar-refractivity contribution in [2.45, 2.75) is 19.3 Å². The smallest absolute Gasteiger partial charge is 0.392 e. The molecule has 0 amide bonds. The Balaban J connectivity index is 2.00. The Bertz CT molecular complexity index is 548. The second-order valence-corrected chi connectivity index (χ2v) is 4.23. The normalized spacial score (nSPS) is 12.2. The molecule has 0 saturated carbocycles. The molecule has 0 unspecified atom stereocenters. The number of alkyl halides is 3. The highest BCUT2D eigenvalue weighted by atomic mass is 19.4. The second kappa shape index (κ2) is 5.63. The average molecular weight is 273 g/mol. The van der Waals surface area contributed by atoms with E-state index in [1.165, 1.54) is 0 Å². The van der Waals surface area contributed by atoms with E-state index in [2.05, 4.69) is 4.74 Å². The van der Waals surface area contributed by atoms with Crippen LogP contribution in [0.4, 0.5) is 13.2 Å². The highest BCUT2D eigenvalue weighted by Crippen LogP contribution is 2.18. The summed E-state index contributed by atoms with van der Waals surface area (Å²) in [7, 11) is 0. The van der Waals surface area contributed by atoms with E-state index >= 15 is 0 Å². The minimum Gasteiger partial charge on any atom is -0.392 e. The second-order valence-electron chi connectivity index (χ2n) is 4.23. The number of hydrogen-bond acceptors (Lipinski definition) is 2. The molecule has 1 heterocycles. The molecular weight excluding hydrogens is 259 g/mol. The molecule has 0 fully saturated rings. The molecule has 104 valence electrons. The van der Waals surface area contributed by atoms with Gasteiger partial charge in [-0.15, -0.1) is 0 Å². The Morgan fingerprint density at radius 2 is 2.00 bits per heavy atom. The van der Waals surface area contributed by atoms with E-state index in [-0.39, 0.29) is 13.2 Å². The van der Waals surface area contributed by atoms with Crippen LogP contribution in [0.2, 0.25) is 0 Å². The summed E-state index contributed by atoms with van der Waals surface area (Å²) in [6.07, 6.45) is -2.49. The number of halogens is 3. The molecule has 0 aliphatic rings. The van der Waals surface area contributed by atoms with Gasteiger partial charge < -0.3 is 14.4 Å². The minimum absolute atomic E-state index is 0.00730. The Labute approximate surface area is 108 Å². The Morgan fingerprint density at radius 3 is 2.68 bits per heavy atom. The van der Waals surface area contributed by atoms with Crippen molar-refractivity contribution in [3.8, 4) is 0 Å². The van der Waals surface area contributed by atoms with Crippen LogP contribution in [0.3, 0.4) is 0 Å². The fourth-order valence-corrected chi connectivity index (χ4v) is 1.87. The lowest BCUT2D eigenvalue weighted by molar-refractivity contribution is -0.174. The summed E-state index contributed by atoms with van der Waals surface area (Å²) >= 11 is 0. The molecule has 1 aromatic heterocycles. The number of aliphatic hydroxyl groups is 1. The molecule has 0 aliphatic carbocycles. The summed E-state index contributed by atoms with van der Waals surface area (Å²) in [5.74, 6) is 0. The molecule has 1 aromatic carbocycles. The van der Waals surface area contributed by atoms with Crippen LogP contribution in [0, 0.1) is 0 Å². The number of rotatable bonds is 5. The van der Waals surface area contributed by atoms with Crippen molar-refractivity contribution in [3.63, 3.8) is 0 Å². The van der Waals surface area contributed by atoms with Gasteiger partial charge >= 0.3 is 6.18 Å². The molecule has 0 saturated heterocycles. The summed E-state index contributed by atoms with van der Waals surface area (Å²) < 4.78 is 42.1. The number of aliphatic hydroxyl groups excluding tert-OH is 1. The molecule has 19 heavy (non-hydrogen) atoms. The Hall–Kier alpha value is -1.53. The van der Waals surface area contributed by atoms with Gasteiger partial charge in [0.2, 0.25) is 0 Å². The zero-order chi connectivity index (χ0) is 13.9. The molecular formula is C13H14F3NO2. The van der Waals surface area contributed by atoms with Gasteiger partial charge in [0.05, 0.1) is 13.2 Å². The van der Waals surface area contributed by atoms with Crippen LogP contribution in [0.15, 0.2) is 30.5 Å². The van der Waals surface area contributed by atoms with Crippen LogP contribution in [0.1, 0.15) is 5.56 Å². The van der Waals surface area contributed by atoms with E-state index in [1.807, 2.05) is 28.8 Å². The van der Waals surface area contributed by atoms with Gasteiger partial charge in [-0.2, -0.15) is 13.2 Å². The number of hydrogen-bond donors (Lipinski definition) is 1. The SMILES string of the molecule is OCc1ccc2ccn(CCOCC(F)(F)F)c2c1. The first kappa shape index (κ1) is 13.9. The summed E-state index contributed by atoms with van der Waals surface area (Å²) in [4.78, 5) is 0. The molecule has 1 N–H and O–H groups in total. The number of aromatic nitrogens is 1. The van der Waals surface area contributed by atoms with Crippen LogP contribution < -0.4 is 0 Å². The van der Waals surface area contributed by atoms with Gasteiger partial charge in [0.25, 0.3) is 0 Å². The van der Waals surface area contributed by atoms with E-state index in [4.69, 9.17) is 5.11 Å². The van der Waals surface area contributed by atoms with Crippen LogP contribution in [0.25, 0.3) is 10.9 Å². The maximum atomic E-state index is 11.9. The quantitative estimate of drug-likeness (QED) is 0.850. The summed E-state index contributed by atoms with van der Waals surface area (Å²) in [5.41, 5.74) is 1.64.